The zero-order valence-corrected chi connectivity index (χ0v) is 27.8. The van der Waals surface area contributed by atoms with Crippen molar-refractivity contribution in [3.05, 3.63) is 86.3 Å². The van der Waals surface area contributed by atoms with Gasteiger partial charge in [0.2, 0.25) is 11.8 Å². The molecule has 0 fully saturated rings. The zero-order chi connectivity index (χ0) is 31.0. The number of nitrogens with zero attached hydrogens (tertiary/aromatic N) is 2. The molecule has 0 aromatic heterocycles. The molecule has 0 heterocycles. The van der Waals surface area contributed by atoms with Crippen LogP contribution in [0.4, 0.5) is 5.69 Å². The van der Waals surface area contributed by atoms with Crippen molar-refractivity contribution >= 4 is 66.7 Å². The summed E-state index contributed by atoms with van der Waals surface area (Å²) in [5.74, 6) is -0.459. The molecule has 0 radical (unpaired) electrons. The van der Waals surface area contributed by atoms with E-state index in [0.29, 0.717) is 38.1 Å². The highest BCUT2D eigenvalue weighted by Gasteiger charge is 2.33. The molecule has 2 amide bonds. The van der Waals surface area contributed by atoms with Crippen molar-refractivity contribution in [2.75, 3.05) is 24.5 Å². The second-order valence-electron chi connectivity index (χ2n) is 9.73. The van der Waals surface area contributed by atoms with Crippen molar-refractivity contribution in [2.24, 2.45) is 0 Å². The first-order chi connectivity index (χ1) is 19.9. The fraction of sp³-hybridized carbons (Fsp3) is 0.333. The van der Waals surface area contributed by atoms with E-state index in [4.69, 9.17) is 27.9 Å². The maximum absolute atomic E-state index is 14.0. The maximum atomic E-state index is 14.0. The predicted molar refractivity (Wildman–Crippen MR) is 171 cm³/mol. The van der Waals surface area contributed by atoms with Crippen LogP contribution in [0, 0.1) is 6.92 Å². The molecule has 0 aliphatic rings. The first kappa shape index (κ1) is 33.7. The van der Waals surface area contributed by atoms with Gasteiger partial charge in [0.05, 0.1) is 32.2 Å². The van der Waals surface area contributed by atoms with Crippen LogP contribution in [-0.2, 0) is 26.2 Å². The quantitative estimate of drug-likeness (QED) is 0.203. The standard InChI is InChI=1S/C30H34BrCl2N3O5S/c1-5-6-15-34-30(38)21(3)35(18-22-9-13-26(32)27(33)16-22)29(37)19-36(23-10-7-20(2)8-11-23)42(39,40)24-12-14-28(41-4)25(31)17-24/h7-14,16-17,21H,5-6,15,18-19H2,1-4H3,(H,34,38). The number of nitrogens with one attached hydrogen (secondary N) is 1. The van der Waals surface area contributed by atoms with E-state index in [9.17, 15) is 18.0 Å². The number of sulfonamides is 1. The van der Waals surface area contributed by atoms with E-state index in [1.807, 2.05) is 13.8 Å². The minimum Gasteiger partial charge on any atom is -0.496 e. The molecule has 3 rings (SSSR count). The first-order valence-electron chi connectivity index (χ1n) is 13.3. The average molecular weight is 699 g/mol. The molecule has 0 aliphatic heterocycles. The molecule has 3 aromatic rings. The number of amides is 2. The third kappa shape index (κ3) is 8.40. The largest absolute Gasteiger partial charge is 0.496 e. The Morgan fingerprint density at radius 2 is 1.71 bits per heavy atom. The second-order valence-corrected chi connectivity index (χ2v) is 13.3. The third-order valence-corrected chi connectivity index (χ3v) is 9.77. The molecule has 12 heteroatoms. The molecular formula is C30H34BrCl2N3O5S. The van der Waals surface area contributed by atoms with Gasteiger partial charge in [0, 0.05) is 13.1 Å². The van der Waals surface area contributed by atoms with Gasteiger partial charge in [-0.15, -0.1) is 0 Å². The molecule has 1 unspecified atom stereocenters. The van der Waals surface area contributed by atoms with Crippen LogP contribution in [0.15, 0.2) is 70.0 Å². The Morgan fingerprint density at radius 1 is 1.02 bits per heavy atom. The SMILES string of the molecule is CCCCNC(=O)C(C)N(Cc1ccc(Cl)c(Cl)c1)C(=O)CN(c1ccc(C)cc1)S(=O)(=O)c1ccc(OC)c(Br)c1. The van der Waals surface area contributed by atoms with E-state index in [0.717, 1.165) is 22.7 Å². The Kier molecular flexibility index (Phi) is 12.1. The highest BCUT2D eigenvalue weighted by molar-refractivity contribution is 9.10. The number of methoxy groups -OCH3 is 1. The number of hydrogen-bond acceptors (Lipinski definition) is 5. The molecule has 1 N–H and O–H groups in total. The van der Waals surface area contributed by atoms with Gasteiger partial charge in [-0.05, 0) is 84.2 Å². The van der Waals surface area contributed by atoms with Gasteiger partial charge in [-0.3, -0.25) is 13.9 Å². The Morgan fingerprint density at radius 3 is 2.31 bits per heavy atom. The molecule has 0 bridgehead atoms. The molecule has 1 atom stereocenters. The third-order valence-electron chi connectivity index (χ3n) is 6.65. The summed E-state index contributed by atoms with van der Waals surface area (Å²) in [5.41, 5.74) is 1.86. The maximum Gasteiger partial charge on any atom is 0.264 e. The van der Waals surface area contributed by atoms with Gasteiger partial charge in [-0.2, -0.15) is 0 Å². The summed E-state index contributed by atoms with van der Waals surface area (Å²) < 4.78 is 34.8. The minimum atomic E-state index is -4.23. The molecule has 226 valence electrons. The summed E-state index contributed by atoms with van der Waals surface area (Å²) in [6.45, 7) is 5.42. The van der Waals surface area contributed by atoms with Crippen LogP contribution < -0.4 is 14.4 Å². The van der Waals surface area contributed by atoms with E-state index in [-0.39, 0.29) is 17.3 Å². The Labute approximate surface area is 266 Å². The van der Waals surface area contributed by atoms with E-state index < -0.39 is 28.5 Å². The number of unbranched alkanes of at least 4 members (excludes halogenated alkanes) is 1. The van der Waals surface area contributed by atoms with Crippen LogP contribution in [0.5, 0.6) is 5.75 Å². The van der Waals surface area contributed by atoms with Crippen molar-refractivity contribution in [1.82, 2.24) is 10.2 Å². The number of carbonyl (C=O) groups is 2. The lowest BCUT2D eigenvalue weighted by molar-refractivity contribution is -0.139. The molecule has 0 saturated heterocycles. The van der Waals surface area contributed by atoms with Gasteiger partial charge >= 0.3 is 0 Å². The highest BCUT2D eigenvalue weighted by Crippen LogP contribution is 2.31. The van der Waals surface area contributed by atoms with Crippen LogP contribution >= 0.6 is 39.1 Å². The summed E-state index contributed by atoms with van der Waals surface area (Å²) in [6.07, 6.45) is 1.68. The fourth-order valence-electron chi connectivity index (χ4n) is 4.13. The number of anilines is 1. The van der Waals surface area contributed by atoms with Crippen LogP contribution in [0.3, 0.4) is 0 Å². The summed E-state index contributed by atoms with van der Waals surface area (Å²) >= 11 is 15.7. The predicted octanol–water partition coefficient (Wildman–Crippen LogP) is 6.60. The van der Waals surface area contributed by atoms with E-state index in [2.05, 4.69) is 21.2 Å². The summed E-state index contributed by atoms with van der Waals surface area (Å²) in [7, 11) is -2.75. The normalized spacial score (nSPS) is 12.0. The molecule has 0 spiro atoms. The summed E-state index contributed by atoms with van der Waals surface area (Å²) in [4.78, 5) is 28.4. The van der Waals surface area contributed by atoms with Gasteiger partial charge in [0.1, 0.15) is 18.3 Å². The van der Waals surface area contributed by atoms with Gasteiger partial charge in [-0.1, -0.05) is 60.3 Å². The lowest BCUT2D eigenvalue weighted by atomic mass is 10.1. The van der Waals surface area contributed by atoms with Gasteiger partial charge < -0.3 is 15.0 Å². The average Bonchev–Trinajstić information content (AvgIpc) is 2.96. The van der Waals surface area contributed by atoms with E-state index >= 15 is 0 Å². The minimum absolute atomic E-state index is 0.00789. The van der Waals surface area contributed by atoms with Crippen LogP contribution in [0.2, 0.25) is 10.0 Å². The summed E-state index contributed by atoms with van der Waals surface area (Å²) in [6, 6.07) is 15.2. The number of halogens is 3. The smallest absolute Gasteiger partial charge is 0.264 e. The van der Waals surface area contributed by atoms with E-state index in [1.54, 1.807) is 49.4 Å². The number of benzene rings is 3. The lowest BCUT2D eigenvalue weighted by Gasteiger charge is -2.32. The molecular weight excluding hydrogens is 665 g/mol. The molecule has 8 nitrogen and oxygen atoms in total. The van der Waals surface area contributed by atoms with Crippen LogP contribution in [0.1, 0.15) is 37.8 Å². The van der Waals surface area contributed by atoms with Crippen molar-refractivity contribution in [3.63, 3.8) is 0 Å². The topological polar surface area (TPSA) is 96.0 Å². The van der Waals surface area contributed by atoms with E-state index in [1.165, 1.54) is 30.2 Å². The van der Waals surface area contributed by atoms with Gasteiger partial charge in [-0.25, -0.2) is 8.42 Å². The molecule has 0 saturated carbocycles. The number of carbonyl (C=O) groups excluding carboxylic acids is 2. The van der Waals surface area contributed by atoms with Crippen LogP contribution in [-0.4, -0.2) is 51.4 Å². The zero-order valence-electron chi connectivity index (χ0n) is 23.9. The highest BCUT2D eigenvalue weighted by atomic mass is 79.9. The van der Waals surface area contributed by atoms with Crippen LogP contribution in [0.25, 0.3) is 0 Å². The first-order valence-corrected chi connectivity index (χ1v) is 16.3. The van der Waals surface area contributed by atoms with Crippen molar-refractivity contribution < 1.29 is 22.7 Å². The van der Waals surface area contributed by atoms with Gasteiger partial charge in [0.15, 0.2) is 0 Å². The Balaban J connectivity index is 2.04. The Hall–Kier alpha value is -2.79. The number of rotatable bonds is 13. The fourth-order valence-corrected chi connectivity index (χ4v) is 6.58. The molecule has 0 aliphatic carbocycles. The second kappa shape index (κ2) is 15.1. The lowest BCUT2D eigenvalue weighted by Crippen LogP contribution is -2.51. The Bertz CT molecular complexity index is 1520. The molecule has 3 aromatic carbocycles. The van der Waals surface area contributed by atoms with Crippen molar-refractivity contribution in [1.29, 1.82) is 0 Å². The van der Waals surface area contributed by atoms with Crippen molar-refractivity contribution in [2.45, 2.75) is 51.1 Å². The van der Waals surface area contributed by atoms with Gasteiger partial charge in [0.25, 0.3) is 10.0 Å². The molecule has 42 heavy (non-hydrogen) atoms. The number of aryl methyl sites for hydroxylation is 1. The summed E-state index contributed by atoms with van der Waals surface area (Å²) in [5, 5.41) is 3.51. The number of hydrogen-bond donors (Lipinski definition) is 1. The number of ether oxygens (including phenoxy) is 1. The monoisotopic (exact) mass is 697 g/mol. The van der Waals surface area contributed by atoms with Crippen molar-refractivity contribution in [3.8, 4) is 5.75 Å².